The first-order valence-corrected chi connectivity index (χ1v) is 11.4. The average Bonchev–Trinajstić information content (AvgIpc) is 3.45. The first-order valence-electron chi connectivity index (χ1n) is 9.98. The molecular formula is C20H24N4O5S. The van der Waals surface area contributed by atoms with Gasteiger partial charge in [-0.25, -0.2) is 8.42 Å². The van der Waals surface area contributed by atoms with Crippen LogP contribution < -0.4 is 0 Å². The Morgan fingerprint density at radius 2 is 1.47 bits per heavy atom. The number of sulfonamides is 1. The zero-order valence-electron chi connectivity index (χ0n) is 16.8. The van der Waals surface area contributed by atoms with Crippen LogP contribution in [0.3, 0.4) is 0 Å². The number of aryl methyl sites for hydroxylation is 1. The van der Waals surface area contributed by atoms with Crippen LogP contribution in [0.2, 0.25) is 0 Å². The number of amides is 2. The van der Waals surface area contributed by atoms with E-state index in [2.05, 4.69) is 5.16 Å². The molecule has 0 atom stereocenters. The molecule has 4 rings (SSSR count). The summed E-state index contributed by atoms with van der Waals surface area (Å²) in [6.45, 7) is 4.41. The molecule has 0 spiro atoms. The lowest BCUT2D eigenvalue weighted by atomic mass is 10.2. The maximum Gasteiger partial charge on any atom is 0.292 e. The van der Waals surface area contributed by atoms with E-state index in [1.54, 1.807) is 34.9 Å². The van der Waals surface area contributed by atoms with Gasteiger partial charge in [0.15, 0.2) is 0 Å². The molecule has 1 aromatic carbocycles. The summed E-state index contributed by atoms with van der Waals surface area (Å²) >= 11 is 0. The molecule has 1 aromatic heterocycles. The Morgan fingerprint density at radius 3 is 2.00 bits per heavy atom. The molecular weight excluding hydrogens is 408 g/mol. The lowest BCUT2D eigenvalue weighted by Gasteiger charge is -2.34. The maximum absolute atomic E-state index is 12.8. The summed E-state index contributed by atoms with van der Waals surface area (Å²) in [5, 5.41) is 3.73. The highest BCUT2D eigenvalue weighted by Gasteiger charge is 2.29. The van der Waals surface area contributed by atoms with Crippen LogP contribution in [0, 0.1) is 6.92 Å². The van der Waals surface area contributed by atoms with E-state index in [1.807, 2.05) is 0 Å². The molecule has 2 aromatic rings. The van der Waals surface area contributed by atoms with Gasteiger partial charge in [-0.3, -0.25) is 9.59 Å². The molecule has 10 heteroatoms. The zero-order valence-corrected chi connectivity index (χ0v) is 17.6. The van der Waals surface area contributed by atoms with Crippen LogP contribution in [0.1, 0.15) is 39.4 Å². The molecule has 0 bridgehead atoms. The number of carbonyl (C=O) groups is 2. The van der Waals surface area contributed by atoms with Crippen molar-refractivity contribution in [1.82, 2.24) is 19.3 Å². The van der Waals surface area contributed by atoms with Crippen LogP contribution >= 0.6 is 0 Å². The zero-order chi connectivity index (χ0) is 21.3. The minimum Gasteiger partial charge on any atom is -0.351 e. The molecule has 0 unspecified atom stereocenters. The molecule has 2 saturated heterocycles. The van der Waals surface area contributed by atoms with Crippen molar-refractivity contribution >= 4 is 21.8 Å². The van der Waals surface area contributed by atoms with E-state index in [1.165, 1.54) is 16.4 Å². The Hall–Kier alpha value is -2.72. The van der Waals surface area contributed by atoms with E-state index in [4.69, 9.17) is 4.52 Å². The van der Waals surface area contributed by atoms with Crippen molar-refractivity contribution in [2.45, 2.75) is 24.7 Å². The van der Waals surface area contributed by atoms with Gasteiger partial charge in [-0.15, -0.1) is 0 Å². The smallest absolute Gasteiger partial charge is 0.292 e. The van der Waals surface area contributed by atoms with E-state index in [0.29, 0.717) is 50.5 Å². The van der Waals surface area contributed by atoms with Gasteiger partial charge in [-0.2, -0.15) is 4.31 Å². The summed E-state index contributed by atoms with van der Waals surface area (Å²) in [6, 6.07) is 7.69. The highest BCUT2D eigenvalue weighted by Crippen LogP contribution is 2.21. The largest absolute Gasteiger partial charge is 0.351 e. The summed E-state index contributed by atoms with van der Waals surface area (Å²) < 4.78 is 31.7. The van der Waals surface area contributed by atoms with Gasteiger partial charge in [0.05, 0.1) is 10.6 Å². The number of hydrogen-bond donors (Lipinski definition) is 0. The fraction of sp³-hybridized carbons (Fsp3) is 0.450. The highest BCUT2D eigenvalue weighted by atomic mass is 32.2. The van der Waals surface area contributed by atoms with Crippen LogP contribution in [0.4, 0.5) is 0 Å². The first kappa shape index (κ1) is 20.5. The van der Waals surface area contributed by atoms with Crippen LogP contribution in [-0.4, -0.2) is 78.8 Å². The topological polar surface area (TPSA) is 104 Å². The number of hydrogen-bond acceptors (Lipinski definition) is 6. The molecule has 0 radical (unpaired) electrons. The lowest BCUT2D eigenvalue weighted by molar-refractivity contribution is 0.0512. The summed E-state index contributed by atoms with van der Waals surface area (Å²) in [7, 11) is -3.50. The standard InChI is InChI=1S/C20H24N4O5S/c1-15-14-18(29-21-15)20(26)23-12-10-22(11-13-23)19(25)16-4-6-17(7-5-16)30(27,28)24-8-2-3-9-24/h4-7,14H,2-3,8-13H2,1H3. The molecule has 3 heterocycles. The normalized spacial score (nSPS) is 18.0. The lowest BCUT2D eigenvalue weighted by Crippen LogP contribution is -2.50. The molecule has 0 aliphatic carbocycles. The Balaban J connectivity index is 1.38. The first-order chi connectivity index (χ1) is 14.4. The van der Waals surface area contributed by atoms with Crippen molar-refractivity contribution in [2.75, 3.05) is 39.3 Å². The second kappa shape index (κ2) is 8.19. The number of aromatic nitrogens is 1. The summed E-state index contributed by atoms with van der Waals surface area (Å²) in [4.78, 5) is 28.7. The van der Waals surface area contributed by atoms with Gasteiger partial charge in [0.2, 0.25) is 15.8 Å². The van der Waals surface area contributed by atoms with Gasteiger partial charge < -0.3 is 14.3 Å². The second-order valence-corrected chi connectivity index (χ2v) is 9.49. The van der Waals surface area contributed by atoms with Gasteiger partial charge in [0.25, 0.3) is 11.8 Å². The minimum absolute atomic E-state index is 0.178. The van der Waals surface area contributed by atoms with Crippen molar-refractivity contribution in [3.63, 3.8) is 0 Å². The molecule has 0 saturated carbocycles. The van der Waals surface area contributed by atoms with E-state index in [0.717, 1.165) is 12.8 Å². The predicted molar refractivity (Wildman–Crippen MR) is 107 cm³/mol. The van der Waals surface area contributed by atoms with Crippen molar-refractivity contribution in [2.24, 2.45) is 0 Å². The third kappa shape index (κ3) is 3.97. The highest BCUT2D eigenvalue weighted by molar-refractivity contribution is 7.89. The van der Waals surface area contributed by atoms with Crippen molar-refractivity contribution in [1.29, 1.82) is 0 Å². The Bertz CT molecular complexity index is 1030. The number of carbonyl (C=O) groups excluding carboxylic acids is 2. The SMILES string of the molecule is Cc1cc(C(=O)N2CCN(C(=O)c3ccc(S(=O)(=O)N4CCCC4)cc3)CC2)on1. The average molecular weight is 433 g/mol. The number of piperazine rings is 1. The summed E-state index contributed by atoms with van der Waals surface area (Å²) in [6.07, 6.45) is 1.75. The molecule has 2 aliphatic rings. The van der Waals surface area contributed by atoms with Gasteiger partial charge in [0.1, 0.15) is 0 Å². The monoisotopic (exact) mass is 432 g/mol. The maximum atomic E-state index is 12.8. The third-order valence-corrected chi connectivity index (χ3v) is 7.41. The molecule has 0 N–H and O–H groups in total. The second-order valence-electron chi connectivity index (χ2n) is 7.55. The quantitative estimate of drug-likeness (QED) is 0.723. The fourth-order valence-corrected chi connectivity index (χ4v) is 5.28. The summed E-state index contributed by atoms with van der Waals surface area (Å²) in [5.74, 6) is -0.219. The van der Waals surface area contributed by atoms with E-state index < -0.39 is 10.0 Å². The Morgan fingerprint density at radius 1 is 0.900 bits per heavy atom. The molecule has 2 amide bonds. The number of rotatable bonds is 4. The predicted octanol–water partition coefficient (Wildman–Crippen LogP) is 1.37. The fourth-order valence-electron chi connectivity index (χ4n) is 3.76. The van der Waals surface area contributed by atoms with Gasteiger partial charge in [-0.05, 0) is 44.0 Å². The molecule has 2 fully saturated rings. The van der Waals surface area contributed by atoms with Crippen molar-refractivity contribution < 1.29 is 22.5 Å². The van der Waals surface area contributed by atoms with E-state index in [-0.39, 0.29) is 22.5 Å². The molecule has 2 aliphatic heterocycles. The number of benzene rings is 1. The van der Waals surface area contributed by atoms with E-state index in [9.17, 15) is 18.0 Å². The van der Waals surface area contributed by atoms with Crippen LogP contribution in [0.15, 0.2) is 39.8 Å². The van der Waals surface area contributed by atoms with Crippen molar-refractivity contribution in [3.8, 4) is 0 Å². The summed E-state index contributed by atoms with van der Waals surface area (Å²) in [5.41, 5.74) is 1.07. The molecule has 160 valence electrons. The number of nitrogens with zero attached hydrogens (tertiary/aromatic N) is 4. The van der Waals surface area contributed by atoms with Crippen LogP contribution in [-0.2, 0) is 10.0 Å². The van der Waals surface area contributed by atoms with Crippen LogP contribution in [0.25, 0.3) is 0 Å². The van der Waals surface area contributed by atoms with Gasteiger partial charge in [-0.1, -0.05) is 5.16 Å². The van der Waals surface area contributed by atoms with Gasteiger partial charge >= 0.3 is 0 Å². The Kier molecular flexibility index (Phi) is 5.61. The molecule has 30 heavy (non-hydrogen) atoms. The molecule has 9 nitrogen and oxygen atoms in total. The minimum atomic E-state index is -3.50. The Labute approximate surface area is 175 Å². The van der Waals surface area contributed by atoms with Gasteiger partial charge in [0, 0.05) is 50.9 Å². The van der Waals surface area contributed by atoms with Crippen LogP contribution in [0.5, 0.6) is 0 Å². The van der Waals surface area contributed by atoms with Crippen molar-refractivity contribution in [3.05, 3.63) is 47.3 Å². The third-order valence-electron chi connectivity index (χ3n) is 5.50. The van der Waals surface area contributed by atoms with E-state index >= 15 is 0 Å².